The second-order valence-corrected chi connectivity index (χ2v) is 8.29. The molecule has 1 aliphatic rings. The van der Waals surface area contributed by atoms with Crippen LogP contribution in [0.15, 0.2) is 45.6 Å². The number of aromatic hydroxyl groups is 1. The highest BCUT2D eigenvalue weighted by Crippen LogP contribution is 2.40. The third-order valence-electron chi connectivity index (χ3n) is 6.12. The van der Waals surface area contributed by atoms with Gasteiger partial charge in [0.1, 0.15) is 23.8 Å². The minimum atomic E-state index is -4.98. The second-order valence-electron chi connectivity index (χ2n) is 8.29. The van der Waals surface area contributed by atoms with E-state index in [-0.39, 0.29) is 40.6 Å². The van der Waals surface area contributed by atoms with Crippen LogP contribution in [-0.2, 0) is 12.7 Å². The normalized spacial score (nSPS) is 18.9. The molecule has 2 N–H and O–H groups in total. The molecule has 0 aliphatic carbocycles. The SMILES string of the molecule is COc1ccc(Oc2c(C(F)(F)F)oc3c(C[NH+]4CCCC[C@@H]4C)c(O)ccc3c2=O)cc1. The Hall–Kier alpha value is -3.20. The van der Waals surface area contributed by atoms with Crippen molar-refractivity contribution in [1.82, 2.24) is 0 Å². The molecule has 0 saturated carbocycles. The zero-order chi connectivity index (χ0) is 23.8. The van der Waals surface area contributed by atoms with Crippen LogP contribution in [0.25, 0.3) is 11.0 Å². The Bertz CT molecular complexity index is 1200. The molecule has 0 spiro atoms. The molecule has 1 unspecified atom stereocenters. The third-order valence-corrected chi connectivity index (χ3v) is 6.12. The summed E-state index contributed by atoms with van der Waals surface area (Å²) in [4.78, 5) is 14.3. The van der Waals surface area contributed by atoms with E-state index in [1.807, 2.05) is 0 Å². The largest absolute Gasteiger partial charge is 0.507 e. The predicted octanol–water partition coefficient (Wildman–Crippen LogP) is 4.28. The maximum Gasteiger partial charge on any atom is 0.453 e. The fraction of sp³-hybridized carbons (Fsp3) is 0.375. The number of methoxy groups -OCH3 is 1. The Morgan fingerprint density at radius 3 is 2.45 bits per heavy atom. The number of phenols is 1. The van der Waals surface area contributed by atoms with Crippen LogP contribution in [0, 0.1) is 0 Å². The molecule has 9 heteroatoms. The van der Waals surface area contributed by atoms with Gasteiger partial charge < -0.3 is 23.9 Å². The highest BCUT2D eigenvalue weighted by Gasteiger charge is 2.41. The smallest absolute Gasteiger partial charge is 0.453 e. The maximum absolute atomic E-state index is 13.9. The number of ether oxygens (including phenoxy) is 2. The summed E-state index contributed by atoms with van der Waals surface area (Å²) in [6.07, 6.45) is -1.92. The van der Waals surface area contributed by atoms with Crippen LogP contribution >= 0.6 is 0 Å². The Labute approximate surface area is 188 Å². The number of alkyl halides is 3. The lowest BCUT2D eigenvalue weighted by Gasteiger charge is -2.30. The fourth-order valence-corrected chi connectivity index (χ4v) is 4.24. The van der Waals surface area contributed by atoms with Gasteiger partial charge in [0.15, 0.2) is 5.58 Å². The van der Waals surface area contributed by atoms with Gasteiger partial charge in [0.2, 0.25) is 11.2 Å². The topological polar surface area (TPSA) is 73.3 Å². The number of phenolic OH excluding ortho intramolecular Hbond substituents is 1. The third kappa shape index (κ3) is 4.64. The summed E-state index contributed by atoms with van der Waals surface area (Å²) in [5.74, 6) is -2.18. The molecule has 1 aliphatic heterocycles. The summed E-state index contributed by atoms with van der Waals surface area (Å²) in [6.45, 7) is 3.14. The van der Waals surface area contributed by atoms with E-state index in [0.29, 0.717) is 5.75 Å². The van der Waals surface area contributed by atoms with Gasteiger partial charge in [-0.05, 0) is 62.6 Å². The molecule has 176 valence electrons. The monoisotopic (exact) mass is 464 g/mol. The summed E-state index contributed by atoms with van der Waals surface area (Å²) in [6, 6.07) is 8.65. The van der Waals surface area contributed by atoms with Crippen LogP contribution < -0.4 is 19.8 Å². The number of nitrogens with one attached hydrogen (secondary N) is 1. The van der Waals surface area contributed by atoms with Crippen molar-refractivity contribution in [1.29, 1.82) is 0 Å². The Morgan fingerprint density at radius 2 is 1.82 bits per heavy atom. The number of piperidine rings is 1. The highest BCUT2D eigenvalue weighted by atomic mass is 19.4. The quantitative estimate of drug-likeness (QED) is 0.590. The number of benzene rings is 2. The molecule has 2 aromatic carbocycles. The van der Waals surface area contributed by atoms with E-state index in [9.17, 15) is 23.1 Å². The van der Waals surface area contributed by atoms with Crippen LogP contribution in [0.5, 0.6) is 23.0 Å². The number of halogens is 3. The molecule has 6 nitrogen and oxygen atoms in total. The average molecular weight is 464 g/mol. The van der Waals surface area contributed by atoms with Crippen molar-refractivity contribution in [2.45, 2.75) is 44.9 Å². The first-order chi connectivity index (χ1) is 15.7. The number of hydrogen-bond donors (Lipinski definition) is 2. The number of rotatable bonds is 5. The highest BCUT2D eigenvalue weighted by molar-refractivity contribution is 5.83. The predicted molar refractivity (Wildman–Crippen MR) is 115 cm³/mol. The Kier molecular flexibility index (Phi) is 6.25. The average Bonchev–Trinajstić information content (AvgIpc) is 2.78. The Balaban J connectivity index is 1.85. The van der Waals surface area contributed by atoms with E-state index in [0.717, 1.165) is 30.7 Å². The van der Waals surface area contributed by atoms with Crippen molar-refractivity contribution in [2.75, 3.05) is 13.7 Å². The summed E-state index contributed by atoms with van der Waals surface area (Å²) >= 11 is 0. The minimum absolute atomic E-state index is 0.0264. The molecule has 1 aromatic heterocycles. The Morgan fingerprint density at radius 1 is 1.12 bits per heavy atom. The van der Waals surface area contributed by atoms with Crippen LogP contribution in [0.2, 0.25) is 0 Å². The number of quaternary nitrogens is 1. The van der Waals surface area contributed by atoms with Crippen LogP contribution in [-0.4, -0.2) is 24.8 Å². The number of likely N-dealkylation sites (tertiary alicyclic amines) is 1. The van der Waals surface area contributed by atoms with Gasteiger partial charge >= 0.3 is 6.18 Å². The standard InChI is InChI=1S/C24H24F3NO5/c1-14-5-3-4-12-28(14)13-18-19(29)11-10-17-20(30)22(23(24(25,26)27)33-21(17)18)32-16-8-6-15(31-2)7-9-16/h6-11,14,29H,3-5,12-13H2,1-2H3/p+1/t14-/m0/s1. The van der Waals surface area contributed by atoms with Gasteiger partial charge in [-0.2, -0.15) is 13.2 Å². The van der Waals surface area contributed by atoms with E-state index >= 15 is 0 Å². The van der Waals surface area contributed by atoms with Gasteiger partial charge in [-0.15, -0.1) is 0 Å². The van der Waals surface area contributed by atoms with Crippen LogP contribution in [0.1, 0.15) is 37.5 Å². The van der Waals surface area contributed by atoms with Crippen molar-refractivity contribution in [2.24, 2.45) is 0 Å². The van der Waals surface area contributed by atoms with Gasteiger partial charge in [0.25, 0.3) is 5.76 Å². The van der Waals surface area contributed by atoms with E-state index < -0.39 is 23.1 Å². The molecule has 2 atom stereocenters. The van der Waals surface area contributed by atoms with E-state index in [4.69, 9.17) is 13.9 Å². The van der Waals surface area contributed by atoms with Crippen LogP contribution in [0.3, 0.4) is 0 Å². The first-order valence-electron chi connectivity index (χ1n) is 10.7. The van der Waals surface area contributed by atoms with Gasteiger partial charge in [-0.1, -0.05) is 0 Å². The van der Waals surface area contributed by atoms with Crippen molar-refractivity contribution in [3.05, 3.63) is 57.9 Å². The zero-order valence-electron chi connectivity index (χ0n) is 18.3. The van der Waals surface area contributed by atoms with Gasteiger partial charge in [0, 0.05) is 0 Å². The zero-order valence-corrected chi connectivity index (χ0v) is 18.3. The van der Waals surface area contributed by atoms with Gasteiger partial charge in [-0.3, -0.25) is 4.79 Å². The number of hydrogen-bond acceptors (Lipinski definition) is 5. The molecule has 0 bridgehead atoms. The molecule has 2 heterocycles. The lowest BCUT2D eigenvalue weighted by Crippen LogP contribution is -3.14. The summed E-state index contributed by atoms with van der Waals surface area (Å²) < 4.78 is 57.5. The summed E-state index contributed by atoms with van der Waals surface area (Å²) in [5, 5.41) is 10.4. The van der Waals surface area contributed by atoms with Crippen molar-refractivity contribution >= 4 is 11.0 Å². The molecule has 3 aromatic rings. The van der Waals surface area contributed by atoms with Gasteiger partial charge in [0.05, 0.1) is 30.6 Å². The molecule has 0 radical (unpaired) electrons. The summed E-state index contributed by atoms with van der Waals surface area (Å²) in [7, 11) is 1.45. The van der Waals surface area contributed by atoms with Crippen molar-refractivity contribution in [3.8, 4) is 23.0 Å². The van der Waals surface area contributed by atoms with E-state index in [2.05, 4.69) is 6.92 Å². The molecule has 1 fully saturated rings. The second kappa shape index (κ2) is 8.97. The van der Waals surface area contributed by atoms with E-state index in [1.165, 1.54) is 43.5 Å². The summed E-state index contributed by atoms with van der Waals surface area (Å²) in [5.41, 5.74) is -1.03. The lowest BCUT2D eigenvalue weighted by molar-refractivity contribution is -0.941. The molecular formula is C24H25F3NO5+. The molecule has 1 saturated heterocycles. The minimum Gasteiger partial charge on any atom is -0.507 e. The fourth-order valence-electron chi connectivity index (χ4n) is 4.24. The van der Waals surface area contributed by atoms with Crippen LogP contribution in [0.4, 0.5) is 13.2 Å². The van der Waals surface area contributed by atoms with Crippen molar-refractivity contribution < 1.29 is 37.1 Å². The molecule has 33 heavy (non-hydrogen) atoms. The van der Waals surface area contributed by atoms with Crippen molar-refractivity contribution in [3.63, 3.8) is 0 Å². The molecule has 4 rings (SSSR count). The molecular weight excluding hydrogens is 439 g/mol. The first-order valence-corrected chi connectivity index (χ1v) is 10.7. The number of fused-ring (bicyclic) bond motifs is 1. The maximum atomic E-state index is 13.9. The van der Waals surface area contributed by atoms with E-state index in [1.54, 1.807) is 0 Å². The van der Waals surface area contributed by atoms with Gasteiger partial charge in [-0.25, -0.2) is 0 Å². The first kappa shape index (κ1) is 23.0. The lowest BCUT2D eigenvalue weighted by atomic mass is 10.0. The molecule has 0 amide bonds.